The fourth-order valence-electron chi connectivity index (χ4n) is 3.33. The summed E-state index contributed by atoms with van der Waals surface area (Å²) >= 11 is 0. The molecule has 0 amide bonds. The van der Waals surface area contributed by atoms with Crippen LogP contribution in [0.5, 0.6) is 0 Å². The van der Waals surface area contributed by atoms with Gasteiger partial charge in [0.2, 0.25) is 0 Å². The predicted octanol–water partition coefficient (Wildman–Crippen LogP) is 2.83. The van der Waals surface area contributed by atoms with E-state index in [4.69, 9.17) is 4.74 Å². The van der Waals surface area contributed by atoms with Crippen molar-refractivity contribution >= 4 is 0 Å². The van der Waals surface area contributed by atoms with Gasteiger partial charge in [0.15, 0.2) is 0 Å². The average molecular weight is 294 g/mol. The van der Waals surface area contributed by atoms with Crippen LogP contribution in [0.25, 0.3) is 0 Å². The average Bonchev–Trinajstić information content (AvgIpc) is 2.48. The van der Waals surface area contributed by atoms with Crippen molar-refractivity contribution in [1.82, 2.24) is 10.2 Å². The van der Waals surface area contributed by atoms with Crippen LogP contribution in [-0.4, -0.2) is 45.3 Å². The summed E-state index contributed by atoms with van der Waals surface area (Å²) < 4.78 is 19.4. The fraction of sp³-hybridized carbons (Fsp3) is 0.647. The minimum atomic E-state index is -0.122. The van der Waals surface area contributed by atoms with Crippen molar-refractivity contribution in [3.8, 4) is 0 Å². The molecule has 1 heterocycles. The molecular weight excluding hydrogens is 267 g/mol. The first-order valence-corrected chi connectivity index (χ1v) is 7.72. The van der Waals surface area contributed by atoms with Gasteiger partial charge in [-0.05, 0) is 46.0 Å². The Hall–Kier alpha value is -0.970. The number of benzene rings is 1. The molecule has 0 aliphatic carbocycles. The van der Waals surface area contributed by atoms with Crippen molar-refractivity contribution in [2.75, 3.05) is 40.4 Å². The van der Waals surface area contributed by atoms with Crippen molar-refractivity contribution in [3.63, 3.8) is 0 Å². The van der Waals surface area contributed by atoms with Crippen LogP contribution >= 0.6 is 0 Å². The molecule has 0 bridgehead atoms. The molecule has 0 saturated carbocycles. The van der Waals surface area contributed by atoms with Gasteiger partial charge in [-0.25, -0.2) is 4.39 Å². The van der Waals surface area contributed by atoms with Gasteiger partial charge in [-0.3, -0.25) is 4.90 Å². The summed E-state index contributed by atoms with van der Waals surface area (Å²) in [4.78, 5) is 2.25. The van der Waals surface area contributed by atoms with E-state index in [1.165, 1.54) is 6.07 Å². The van der Waals surface area contributed by atoms with E-state index in [-0.39, 0.29) is 17.3 Å². The zero-order chi connectivity index (χ0) is 15.3. The van der Waals surface area contributed by atoms with Gasteiger partial charge >= 0.3 is 0 Å². The Morgan fingerprint density at radius 3 is 2.62 bits per heavy atom. The lowest BCUT2D eigenvalue weighted by molar-refractivity contribution is 0.0198. The van der Waals surface area contributed by atoms with Crippen molar-refractivity contribution in [2.45, 2.75) is 25.8 Å². The third-order valence-electron chi connectivity index (χ3n) is 4.72. The molecule has 4 heteroatoms. The third kappa shape index (κ3) is 4.02. The monoisotopic (exact) mass is 294 g/mol. The molecule has 0 aromatic heterocycles. The highest BCUT2D eigenvalue weighted by atomic mass is 19.1. The molecule has 118 valence electrons. The molecule has 1 atom stereocenters. The Morgan fingerprint density at radius 2 is 2.00 bits per heavy atom. The van der Waals surface area contributed by atoms with E-state index < -0.39 is 0 Å². The molecule has 0 radical (unpaired) electrons. The molecule has 1 aromatic rings. The number of hydrogen-bond donors (Lipinski definition) is 1. The van der Waals surface area contributed by atoms with Crippen molar-refractivity contribution in [3.05, 3.63) is 35.6 Å². The van der Waals surface area contributed by atoms with Gasteiger partial charge in [0.25, 0.3) is 0 Å². The second kappa shape index (κ2) is 7.34. The maximum absolute atomic E-state index is 14.0. The van der Waals surface area contributed by atoms with Gasteiger partial charge in [0, 0.05) is 30.7 Å². The summed E-state index contributed by atoms with van der Waals surface area (Å²) in [5.41, 5.74) is 0.940. The lowest BCUT2D eigenvalue weighted by atomic mass is 9.79. The number of nitrogens with one attached hydrogen (secondary N) is 1. The van der Waals surface area contributed by atoms with Gasteiger partial charge in [0.1, 0.15) is 5.82 Å². The zero-order valence-electron chi connectivity index (χ0n) is 13.4. The first-order chi connectivity index (χ1) is 10.1. The Kier molecular flexibility index (Phi) is 5.73. The smallest absolute Gasteiger partial charge is 0.127 e. The van der Waals surface area contributed by atoms with Crippen molar-refractivity contribution < 1.29 is 9.13 Å². The van der Waals surface area contributed by atoms with E-state index in [2.05, 4.69) is 24.2 Å². The van der Waals surface area contributed by atoms with Crippen LogP contribution in [-0.2, 0) is 4.74 Å². The van der Waals surface area contributed by atoms with Gasteiger partial charge in [-0.15, -0.1) is 0 Å². The van der Waals surface area contributed by atoms with Crippen molar-refractivity contribution in [1.29, 1.82) is 0 Å². The van der Waals surface area contributed by atoms with E-state index in [9.17, 15) is 4.39 Å². The lowest BCUT2D eigenvalue weighted by Crippen LogP contribution is -2.46. The Labute approximate surface area is 127 Å². The molecule has 3 nitrogen and oxygen atoms in total. The number of nitrogens with zero attached hydrogens (tertiary/aromatic N) is 1. The van der Waals surface area contributed by atoms with E-state index in [1.54, 1.807) is 13.2 Å². The van der Waals surface area contributed by atoms with Crippen LogP contribution in [0.4, 0.5) is 4.39 Å². The number of methoxy groups -OCH3 is 1. The molecule has 0 spiro atoms. The number of hydrogen-bond acceptors (Lipinski definition) is 3. The standard InChI is InChI=1S/C17H27FN2O/c1-14(15-6-4-5-7-16(15)18)20(2)12-17(13-21-3)8-10-19-11-9-17/h4-7,14,19H,8-13H2,1-3H3. The molecular formula is C17H27FN2O. The van der Waals surface area contributed by atoms with Crippen LogP contribution in [0.3, 0.4) is 0 Å². The van der Waals surface area contributed by atoms with Crippen LogP contribution in [0.15, 0.2) is 24.3 Å². The number of ether oxygens (including phenoxy) is 1. The molecule has 1 saturated heterocycles. The highest BCUT2D eigenvalue weighted by Gasteiger charge is 2.34. The van der Waals surface area contributed by atoms with Gasteiger partial charge < -0.3 is 10.1 Å². The lowest BCUT2D eigenvalue weighted by Gasteiger charge is -2.41. The van der Waals surface area contributed by atoms with Crippen molar-refractivity contribution in [2.24, 2.45) is 5.41 Å². The van der Waals surface area contributed by atoms with Gasteiger partial charge in [-0.2, -0.15) is 0 Å². The summed E-state index contributed by atoms with van der Waals surface area (Å²) in [6.07, 6.45) is 2.21. The quantitative estimate of drug-likeness (QED) is 0.873. The summed E-state index contributed by atoms with van der Waals surface area (Å²) in [5.74, 6) is -0.122. The largest absolute Gasteiger partial charge is 0.384 e. The Balaban J connectivity index is 2.08. The van der Waals surface area contributed by atoms with Crippen LogP contribution in [0.2, 0.25) is 0 Å². The minimum Gasteiger partial charge on any atom is -0.384 e. The number of piperidine rings is 1. The highest BCUT2D eigenvalue weighted by Crippen LogP contribution is 2.33. The zero-order valence-corrected chi connectivity index (χ0v) is 13.4. The summed E-state index contributed by atoms with van der Waals surface area (Å²) in [5, 5.41) is 3.41. The molecule has 1 fully saturated rings. The van der Waals surface area contributed by atoms with Gasteiger partial charge in [-0.1, -0.05) is 18.2 Å². The van der Waals surface area contributed by atoms with Crippen LogP contribution in [0.1, 0.15) is 31.4 Å². The Morgan fingerprint density at radius 1 is 1.33 bits per heavy atom. The van der Waals surface area contributed by atoms with E-state index in [0.717, 1.165) is 44.6 Å². The minimum absolute atomic E-state index is 0.0646. The van der Waals surface area contributed by atoms with E-state index in [0.29, 0.717) is 0 Å². The molecule has 1 unspecified atom stereocenters. The van der Waals surface area contributed by atoms with E-state index in [1.807, 2.05) is 12.1 Å². The SMILES string of the molecule is COCC1(CN(C)C(C)c2ccccc2F)CCNCC1. The summed E-state index contributed by atoms with van der Waals surface area (Å²) in [6.45, 7) is 5.83. The molecule has 21 heavy (non-hydrogen) atoms. The molecule has 1 aromatic carbocycles. The third-order valence-corrected chi connectivity index (χ3v) is 4.72. The van der Waals surface area contributed by atoms with Gasteiger partial charge in [0.05, 0.1) is 6.61 Å². The van der Waals surface area contributed by atoms with Crippen LogP contribution < -0.4 is 5.32 Å². The predicted molar refractivity (Wildman–Crippen MR) is 83.9 cm³/mol. The first kappa shape index (κ1) is 16.4. The normalized spacial score (nSPS) is 19.7. The highest BCUT2D eigenvalue weighted by molar-refractivity contribution is 5.20. The summed E-state index contributed by atoms with van der Waals surface area (Å²) in [6, 6.07) is 7.12. The fourth-order valence-corrected chi connectivity index (χ4v) is 3.33. The maximum Gasteiger partial charge on any atom is 0.127 e. The second-order valence-corrected chi connectivity index (χ2v) is 6.30. The number of halogens is 1. The molecule has 2 rings (SSSR count). The van der Waals surface area contributed by atoms with Crippen LogP contribution in [0, 0.1) is 11.2 Å². The molecule has 1 aliphatic heterocycles. The summed E-state index contributed by atoms with van der Waals surface area (Å²) in [7, 11) is 3.85. The Bertz CT molecular complexity index is 441. The first-order valence-electron chi connectivity index (χ1n) is 7.72. The molecule has 1 N–H and O–H groups in total. The molecule has 1 aliphatic rings. The van der Waals surface area contributed by atoms with E-state index >= 15 is 0 Å². The number of rotatable bonds is 6. The topological polar surface area (TPSA) is 24.5 Å². The second-order valence-electron chi connectivity index (χ2n) is 6.30. The maximum atomic E-state index is 14.0.